The van der Waals surface area contributed by atoms with Crippen molar-refractivity contribution in [1.82, 2.24) is 9.78 Å². The molecule has 0 atom stereocenters. The lowest BCUT2D eigenvalue weighted by Gasteiger charge is -2.10. The van der Waals surface area contributed by atoms with E-state index in [0.717, 1.165) is 5.69 Å². The number of aryl methyl sites for hydroxylation is 1. The van der Waals surface area contributed by atoms with Gasteiger partial charge >= 0.3 is 0 Å². The van der Waals surface area contributed by atoms with Gasteiger partial charge < -0.3 is 5.32 Å². The SMILES string of the molecule is Cn1nccc1CNc1ccccc1S(C)(=O)=O. The molecule has 96 valence electrons. The van der Waals surface area contributed by atoms with Gasteiger partial charge in [0.2, 0.25) is 0 Å². The summed E-state index contributed by atoms with van der Waals surface area (Å²) in [7, 11) is -1.37. The van der Waals surface area contributed by atoms with Crippen molar-refractivity contribution in [3.8, 4) is 0 Å². The van der Waals surface area contributed by atoms with Crippen molar-refractivity contribution in [1.29, 1.82) is 0 Å². The van der Waals surface area contributed by atoms with Gasteiger partial charge in [-0.3, -0.25) is 4.68 Å². The number of benzene rings is 1. The molecule has 0 saturated heterocycles. The van der Waals surface area contributed by atoms with Crippen LogP contribution in [0.4, 0.5) is 5.69 Å². The smallest absolute Gasteiger partial charge is 0.177 e. The third-order valence-corrected chi connectivity index (χ3v) is 3.82. The summed E-state index contributed by atoms with van der Waals surface area (Å²) >= 11 is 0. The summed E-state index contributed by atoms with van der Waals surface area (Å²) in [5.74, 6) is 0. The van der Waals surface area contributed by atoms with Crippen LogP contribution in [0.1, 0.15) is 5.69 Å². The Morgan fingerprint density at radius 2 is 2.00 bits per heavy atom. The maximum Gasteiger partial charge on any atom is 0.177 e. The number of para-hydroxylation sites is 1. The zero-order valence-electron chi connectivity index (χ0n) is 10.3. The Balaban J connectivity index is 2.23. The maximum absolute atomic E-state index is 11.6. The van der Waals surface area contributed by atoms with E-state index in [9.17, 15) is 8.42 Å². The van der Waals surface area contributed by atoms with E-state index < -0.39 is 9.84 Å². The molecule has 0 radical (unpaired) electrons. The summed E-state index contributed by atoms with van der Waals surface area (Å²) in [4.78, 5) is 0.312. The molecule has 6 heteroatoms. The second-order valence-corrected chi connectivity index (χ2v) is 6.05. The summed E-state index contributed by atoms with van der Waals surface area (Å²) < 4.78 is 25.0. The van der Waals surface area contributed by atoms with Crippen LogP contribution in [-0.2, 0) is 23.4 Å². The topological polar surface area (TPSA) is 64.0 Å². The molecule has 0 aliphatic rings. The lowest BCUT2D eigenvalue weighted by molar-refractivity contribution is 0.602. The molecule has 2 rings (SSSR count). The molecule has 0 aliphatic carbocycles. The fourth-order valence-corrected chi connectivity index (χ4v) is 2.56. The molecule has 1 aromatic carbocycles. The van der Waals surface area contributed by atoms with E-state index in [4.69, 9.17) is 0 Å². The van der Waals surface area contributed by atoms with Crippen molar-refractivity contribution >= 4 is 15.5 Å². The van der Waals surface area contributed by atoms with Crippen molar-refractivity contribution in [3.63, 3.8) is 0 Å². The van der Waals surface area contributed by atoms with E-state index in [1.165, 1.54) is 6.26 Å². The average molecular weight is 265 g/mol. The molecule has 1 N–H and O–H groups in total. The van der Waals surface area contributed by atoms with Gasteiger partial charge in [-0.25, -0.2) is 8.42 Å². The van der Waals surface area contributed by atoms with Gasteiger partial charge in [0.15, 0.2) is 9.84 Å². The van der Waals surface area contributed by atoms with Gasteiger partial charge in [-0.1, -0.05) is 12.1 Å². The molecule has 1 heterocycles. The molecule has 0 fully saturated rings. The first kappa shape index (κ1) is 12.6. The standard InChI is InChI=1S/C12H15N3O2S/c1-15-10(7-8-14-15)9-13-11-5-3-4-6-12(11)18(2,16)17/h3-8,13H,9H2,1-2H3. The Bertz CT molecular complexity index is 647. The summed E-state index contributed by atoms with van der Waals surface area (Å²) in [5, 5.41) is 7.18. The molecule has 0 spiro atoms. The Kier molecular flexibility index (Phi) is 3.38. The van der Waals surface area contributed by atoms with Crippen LogP contribution >= 0.6 is 0 Å². The van der Waals surface area contributed by atoms with E-state index >= 15 is 0 Å². The number of sulfone groups is 1. The normalized spacial score (nSPS) is 11.4. The minimum absolute atomic E-state index is 0.312. The summed E-state index contributed by atoms with van der Waals surface area (Å²) in [6, 6.07) is 8.76. The van der Waals surface area contributed by atoms with Gasteiger partial charge in [0.1, 0.15) is 0 Å². The first-order valence-electron chi connectivity index (χ1n) is 5.48. The highest BCUT2D eigenvalue weighted by atomic mass is 32.2. The van der Waals surface area contributed by atoms with Gasteiger partial charge in [0.25, 0.3) is 0 Å². The molecule has 5 nitrogen and oxygen atoms in total. The first-order valence-corrected chi connectivity index (χ1v) is 7.37. The van der Waals surface area contributed by atoms with E-state index in [-0.39, 0.29) is 0 Å². The lowest BCUT2D eigenvalue weighted by Crippen LogP contribution is -2.08. The lowest BCUT2D eigenvalue weighted by atomic mass is 10.3. The number of nitrogens with zero attached hydrogens (tertiary/aromatic N) is 2. The highest BCUT2D eigenvalue weighted by molar-refractivity contribution is 7.90. The van der Waals surface area contributed by atoms with Crippen molar-refractivity contribution in [2.75, 3.05) is 11.6 Å². The molecule has 0 amide bonds. The number of rotatable bonds is 4. The second kappa shape index (κ2) is 4.81. The van der Waals surface area contributed by atoms with Crippen LogP contribution in [0.3, 0.4) is 0 Å². The van der Waals surface area contributed by atoms with Crippen LogP contribution in [0.2, 0.25) is 0 Å². The number of nitrogens with one attached hydrogen (secondary N) is 1. The summed E-state index contributed by atoms with van der Waals surface area (Å²) in [6.45, 7) is 0.531. The molecule has 1 aromatic heterocycles. The van der Waals surface area contributed by atoms with Gasteiger partial charge in [-0.2, -0.15) is 5.10 Å². The molecule has 2 aromatic rings. The quantitative estimate of drug-likeness (QED) is 0.908. The Morgan fingerprint density at radius 1 is 1.28 bits per heavy atom. The molecule has 0 unspecified atom stereocenters. The largest absolute Gasteiger partial charge is 0.378 e. The predicted octanol–water partition coefficient (Wildman–Crippen LogP) is 1.44. The zero-order valence-corrected chi connectivity index (χ0v) is 11.1. The fourth-order valence-electron chi connectivity index (χ4n) is 1.70. The Hall–Kier alpha value is -1.82. The van der Waals surface area contributed by atoms with Gasteiger partial charge in [0.05, 0.1) is 22.8 Å². The summed E-state index contributed by atoms with van der Waals surface area (Å²) in [5.41, 5.74) is 1.60. The molecule has 0 saturated carbocycles. The van der Waals surface area contributed by atoms with Crippen LogP contribution in [0.25, 0.3) is 0 Å². The van der Waals surface area contributed by atoms with Gasteiger partial charge in [-0.05, 0) is 18.2 Å². The van der Waals surface area contributed by atoms with Crippen LogP contribution in [0.15, 0.2) is 41.4 Å². The van der Waals surface area contributed by atoms with Crippen molar-refractivity contribution in [2.24, 2.45) is 7.05 Å². The molecular weight excluding hydrogens is 250 g/mol. The number of hydrogen-bond donors (Lipinski definition) is 1. The fraction of sp³-hybridized carbons (Fsp3) is 0.250. The van der Waals surface area contributed by atoms with Crippen molar-refractivity contribution in [3.05, 3.63) is 42.2 Å². The molecule has 0 bridgehead atoms. The van der Waals surface area contributed by atoms with Crippen LogP contribution in [-0.4, -0.2) is 24.5 Å². The van der Waals surface area contributed by atoms with E-state index in [1.807, 2.05) is 13.1 Å². The predicted molar refractivity (Wildman–Crippen MR) is 70.1 cm³/mol. The summed E-state index contributed by atoms with van der Waals surface area (Å²) in [6.07, 6.45) is 2.91. The van der Waals surface area contributed by atoms with Crippen molar-refractivity contribution in [2.45, 2.75) is 11.4 Å². The first-order chi connectivity index (χ1) is 8.48. The Labute approximate surface area is 106 Å². The van der Waals surface area contributed by atoms with Crippen LogP contribution in [0.5, 0.6) is 0 Å². The third-order valence-electron chi connectivity index (χ3n) is 2.67. The van der Waals surface area contributed by atoms with E-state index in [0.29, 0.717) is 17.1 Å². The van der Waals surface area contributed by atoms with E-state index in [2.05, 4.69) is 10.4 Å². The van der Waals surface area contributed by atoms with Gasteiger partial charge in [0, 0.05) is 19.5 Å². The van der Waals surface area contributed by atoms with Crippen molar-refractivity contribution < 1.29 is 8.42 Å². The molecular formula is C12H15N3O2S. The minimum Gasteiger partial charge on any atom is -0.378 e. The Morgan fingerprint density at radius 3 is 2.61 bits per heavy atom. The van der Waals surface area contributed by atoms with Crippen LogP contribution < -0.4 is 5.32 Å². The van der Waals surface area contributed by atoms with E-state index in [1.54, 1.807) is 35.1 Å². The second-order valence-electron chi connectivity index (χ2n) is 4.07. The maximum atomic E-state index is 11.6. The average Bonchev–Trinajstić information content (AvgIpc) is 2.71. The number of anilines is 1. The van der Waals surface area contributed by atoms with Gasteiger partial charge in [-0.15, -0.1) is 0 Å². The minimum atomic E-state index is -3.22. The monoisotopic (exact) mass is 265 g/mol. The third kappa shape index (κ3) is 2.70. The highest BCUT2D eigenvalue weighted by Gasteiger charge is 2.12. The van der Waals surface area contributed by atoms with Crippen LogP contribution in [0, 0.1) is 0 Å². The molecule has 0 aliphatic heterocycles. The number of hydrogen-bond acceptors (Lipinski definition) is 4. The zero-order chi connectivity index (χ0) is 13.2. The highest BCUT2D eigenvalue weighted by Crippen LogP contribution is 2.21. The number of aromatic nitrogens is 2. The molecule has 18 heavy (non-hydrogen) atoms.